The fraction of sp³-hybridized carbons (Fsp3) is 0.130. The molecule has 1 amide bonds. The lowest BCUT2D eigenvalue weighted by atomic mass is 10.1. The van der Waals surface area contributed by atoms with E-state index in [1.165, 1.54) is 0 Å². The molecular weight excluding hydrogens is 376 g/mol. The number of aryl methyl sites for hydroxylation is 3. The third-order valence-electron chi connectivity index (χ3n) is 5.25. The topological polar surface area (TPSA) is 77.1 Å². The first-order valence-electron chi connectivity index (χ1n) is 9.67. The zero-order valence-electron chi connectivity index (χ0n) is 16.9. The van der Waals surface area contributed by atoms with Gasteiger partial charge in [-0.15, -0.1) is 0 Å². The van der Waals surface area contributed by atoms with E-state index in [0.717, 1.165) is 39.2 Å². The second kappa shape index (κ2) is 6.81. The summed E-state index contributed by atoms with van der Waals surface area (Å²) >= 11 is 0. The van der Waals surface area contributed by atoms with E-state index in [2.05, 4.69) is 15.4 Å². The van der Waals surface area contributed by atoms with Crippen LogP contribution in [0, 0.1) is 13.8 Å². The molecule has 1 N–H and O–H groups in total. The monoisotopic (exact) mass is 396 g/mol. The Bertz CT molecular complexity index is 1410. The number of benzene rings is 1. The molecule has 0 bridgehead atoms. The van der Waals surface area contributed by atoms with Crippen molar-refractivity contribution in [3.63, 3.8) is 0 Å². The van der Waals surface area contributed by atoms with Gasteiger partial charge in [-0.1, -0.05) is 36.4 Å². The zero-order chi connectivity index (χ0) is 20.8. The van der Waals surface area contributed by atoms with Gasteiger partial charge in [0.2, 0.25) is 0 Å². The van der Waals surface area contributed by atoms with Crippen LogP contribution in [0.1, 0.15) is 21.6 Å². The van der Waals surface area contributed by atoms with Crippen molar-refractivity contribution in [1.29, 1.82) is 0 Å². The summed E-state index contributed by atoms with van der Waals surface area (Å²) in [5.41, 5.74) is 5.56. The van der Waals surface area contributed by atoms with E-state index in [4.69, 9.17) is 4.98 Å². The Labute approximate surface area is 173 Å². The first-order valence-corrected chi connectivity index (χ1v) is 9.67. The molecule has 4 heterocycles. The van der Waals surface area contributed by atoms with E-state index in [1.807, 2.05) is 80.0 Å². The predicted molar refractivity (Wildman–Crippen MR) is 117 cm³/mol. The maximum absolute atomic E-state index is 13.2. The van der Waals surface area contributed by atoms with Crippen molar-refractivity contribution in [2.45, 2.75) is 13.8 Å². The van der Waals surface area contributed by atoms with Gasteiger partial charge in [0.1, 0.15) is 17.2 Å². The summed E-state index contributed by atoms with van der Waals surface area (Å²) in [4.78, 5) is 22.4. The highest BCUT2D eigenvalue weighted by Gasteiger charge is 2.19. The third kappa shape index (κ3) is 2.83. The second-order valence-corrected chi connectivity index (χ2v) is 7.32. The van der Waals surface area contributed by atoms with E-state index in [-0.39, 0.29) is 5.91 Å². The number of amides is 1. The Hall–Kier alpha value is -4.00. The molecule has 0 aliphatic rings. The molecule has 0 saturated heterocycles. The molecule has 7 nitrogen and oxygen atoms in total. The lowest BCUT2D eigenvalue weighted by molar-refractivity contribution is 0.102. The van der Waals surface area contributed by atoms with Gasteiger partial charge in [-0.25, -0.2) is 9.97 Å². The van der Waals surface area contributed by atoms with Crippen LogP contribution in [0.15, 0.2) is 60.9 Å². The Kier molecular flexibility index (Phi) is 4.10. The van der Waals surface area contributed by atoms with Crippen LogP contribution in [0.25, 0.3) is 27.9 Å². The summed E-state index contributed by atoms with van der Waals surface area (Å²) in [6.45, 7) is 3.91. The minimum Gasteiger partial charge on any atom is -0.306 e. The highest BCUT2D eigenvalue weighted by molar-refractivity contribution is 6.07. The molecule has 0 saturated carbocycles. The molecule has 30 heavy (non-hydrogen) atoms. The molecule has 0 unspecified atom stereocenters. The first-order chi connectivity index (χ1) is 14.5. The number of rotatable bonds is 3. The summed E-state index contributed by atoms with van der Waals surface area (Å²) in [5, 5.41) is 8.30. The molecule has 5 rings (SSSR count). The van der Waals surface area contributed by atoms with Crippen LogP contribution in [0.5, 0.6) is 0 Å². The average Bonchev–Trinajstić information content (AvgIpc) is 3.27. The summed E-state index contributed by atoms with van der Waals surface area (Å²) < 4.78 is 3.63. The van der Waals surface area contributed by atoms with Gasteiger partial charge in [0.25, 0.3) is 5.91 Å². The second-order valence-electron chi connectivity index (χ2n) is 7.32. The van der Waals surface area contributed by atoms with Crippen molar-refractivity contribution in [2.24, 2.45) is 7.05 Å². The minimum atomic E-state index is -0.242. The van der Waals surface area contributed by atoms with Gasteiger partial charge in [0, 0.05) is 30.4 Å². The predicted octanol–water partition coefficient (Wildman–Crippen LogP) is 4.15. The molecular formula is C23H20N6O. The molecule has 1 aromatic carbocycles. The summed E-state index contributed by atoms with van der Waals surface area (Å²) in [6.07, 6.45) is 3.49. The van der Waals surface area contributed by atoms with Gasteiger partial charge in [-0.3, -0.25) is 13.9 Å². The molecule has 0 fully saturated rings. The van der Waals surface area contributed by atoms with E-state index >= 15 is 0 Å². The number of nitrogens with zero attached hydrogens (tertiary/aromatic N) is 5. The quantitative estimate of drug-likeness (QED) is 0.497. The van der Waals surface area contributed by atoms with Gasteiger partial charge in [0.05, 0.1) is 11.3 Å². The Morgan fingerprint density at radius 2 is 1.83 bits per heavy atom. The molecule has 7 heteroatoms. The fourth-order valence-electron chi connectivity index (χ4n) is 3.73. The van der Waals surface area contributed by atoms with Crippen LogP contribution in [0.3, 0.4) is 0 Å². The maximum Gasteiger partial charge on any atom is 0.258 e. The van der Waals surface area contributed by atoms with Crippen LogP contribution in [0.2, 0.25) is 0 Å². The number of hydrogen-bond acceptors (Lipinski definition) is 4. The summed E-state index contributed by atoms with van der Waals surface area (Å²) in [5.74, 6) is 0.390. The highest BCUT2D eigenvalue weighted by atomic mass is 16.1. The molecule has 4 aromatic heterocycles. The molecule has 0 spiro atoms. The lowest BCUT2D eigenvalue weighted by Gasteiger charge is -2.08. The normalized spacial score (nSPS) is 11.3. The maximum atomic E-state index is 13.2. The van der Waals surface area contributed by atoms with Crippen LogP contribution in [-0.2, 0) is 7.05 Å². The van der Waals surface area contributed by atoms with Crippen molar-refractivity contribution in [3.8, 4) is 11.3 Å². The van der Waals surface area contributed by atoms with Crippen LogP contribution in [-0.4, -0.2) is 30.1 Å². The smallest absolute Gasteiger partial charge is 0.258 e. The highest BCUT2D eigenvalue weighted by Crippen LogP contribution is 2.30. The SMILES string of the molecule is Cc1nn(C)c2ncc(C(=O)Nc3c(-c4ccccc4)nc4c(C)cccn34)cc12. The van der Waals surface area contributed by atoms with Crippen molar-refractivity contribution in [3.05, 3.63) is 77.7 Å². The Balaban J connectivity index is 1.62. The van der Waals surface area contributed by atoms with Gasteiger partial charge in [0.15, 0.2) is 5.65 Å². The number of fused-ring (bicyclic) bond motifs is 2. The minimum absolute atomic E-state index is 0.242. The molecule has 0 aliphatic carbocycles. The fourth-order valence-corrected chi connectivity index (χ4v) is 3.73. The number of pyridine rings is 2. The lowest BCUT2D eigenvalue weighted by Crippen LogP contribution is -2.14. The number of aromatic nitrogens is 5. The standard InChI is InChI=1S/C23H20N6O/c1-14-8-7-11-29-20(14)25-19(16-9-5-4-6-10-16)22(29)26-23(30)17-12-18-15(2)27-28(3)21(18)24-13-17/h4-13H,1-3H3,(H,26,30). The number of carbonyl (C=O) groups excluding carboxylic acids is 1. The van der Waals surface area contributed by atoms with E-state index in [1.54, 1.807) is 10.9 Å². The Morgan fingerprint density at radius 1 is 1.03 bits per heavy atom. The van der Waals surface area contributed by atoms with Crippen LogP contribution in [0.4, 0.5) is 5.82 Å². The Morgan fingerprint density at radius 3 is 2.63 bits per heavy atom. The van der Waals surface area contributed by atoms with Crippen LogP contribution >= 0.6 is 0 Å². The molecule has 0 radical (unpaired) electrons. The average molecular weight is 396 g/mol. The van der Waals surface area contributed by atoms with Gasteiger partial charge in [-0.05, 0) is 31.5 Å². The number of nitrogens with one attached hydrogen (secondary N) is 1. The molecule has 148 valence electrons. The molecule has 5 aromatic rings. The number of imidazole rings is 1. The number of anilines is 1. The van der Waals surface area contributed by atoms with Gasteiger partial charge < -0.3 is 5.32 Å². The number of hydrogen-bond donors (Lipinski definition) is 1. The molecule has 0 atom stereocenters. The van der Waals surface area contributed by atoms with Crippen molar-refractivity contribution in [2.75, 3.05) is 5.32 Å². The van der Waals surface area contributed by atoms with Crippen molar-refractivity contribution >= 4 is 28.4 Å². The van der Waals surface area contributed by atoms with E-state index in [9.17, 15) is 4.79 Å². The van der Waals surface area contributed by atoms with Crippen molar-refractivity contribution < 1.29 is 4.79 Å². The van der Waals surface area contributed by atoms with Crippen LogP contribution < -0.4 is 5.32 Å². The van der Waals surface area contributed by atoms with E-state index < -0.39 is 0 Å². The van der Waals surface area contributed by atoms with Crippen molar-refractivity contribution in [1.82, 2.24) is 24.1 Å². The van der Waals surface area contributed by atoms with Gasteiger partial charge in [-0.2, -0.15) is 5.10 Å². The molecule has 0 aliphatic heterocycles. The summed E-state index contributed by atoms with van der Waals surface area (Å²) in [7, 11) is 1.84. The third-order valence-corrected chi connectivity index (χ3v) is 5.25. The first kappa shape index (κ1) is 18.1. The largest absolute Gasteiger partial charge is 0.306 e. The summed E-state index contributed by atoms with van der Waals surface area (Å²) in [6, 6.07) is 15.6. The van der Waals surface area contributed by atoms with Gasteiger partial charge >= 0.3 is 0 Å². The van der Waals surface area contributed by atoms with E-state index in [0.29, 0.717) is 11.4 Å². The zero-order valence-corrected chi connectivity index (χ0v) is 16.9. The number of carbonyl (C=O) groups is 1.